The highest BCUT2D eigenvalue weighted by molar-refractivity contribution is 7.26. The molecular weight excluding hydrogens is 689 g/mol. The minimum atomic E-state index is 0.133. The molecule has 52 heavy (non-hydrogen) atoms. The quantitative estimate of drug-likeness (QED) is 0.0566. The monoisotopic (exact) mass is 760 g/mol. The van der Waals surface area contributed by atoms with E-state index in [1.807, 2.05) is 22.7 Å². The first kappa shape index (κ1) is 41.6. The van der Waals surface area contributed by atoms with Crippen molar-refractivity contribution in [3.05, 3.63) is 45.4 Å². The summed E-state index contributed by atoms with van der Waals surface area (Å²) >= 11 is 5.96. The molecule has 4 heterocycles. The van der Waals surface area contributed by atoms with Crippen LogP contribution >= 0.6 is 34.0 Å². The predicted molar refractivity (Wildman–Crippen MR) is 235 cm³/mol. The van der Waals surface area contributed by atoms with Gasteiger partial charge in [0.15, 0.2) is 0 Å². The summed E-state index contributed by atoms with van der Waals surface area (Å²) in [5.74, 6) is 1.54. The van der Waals surface area contributed by atoms with Crippen LogP contribution in [0.1, 0.15) is 205 Å². The number of hydrogen-bond donors (Lipinski definition) is 0. The number of rotatable bonds is 27. The SMILES string of the molecule is CCCCCCCCc1nc2csc(-c3cc4c(s3)-c3sccc3C4(CC(CC)CCCC)CC(CC)CCCC)c2nc1CCCCCCCC. The zero-order chi connectivity index (χ0) is 36.8. The number of nitrogens with zero attached hydrogens (tertiary/aromatic N) is 2. The lowest BCUT2D eigenvalue weighted by atomic mass is 9.66. The first-order chi connectivity index (χ1) is 25.5. The highest BCUT2D eigenvalue weighted by atomic mass is 32.1. The van der Waals surface area contributed by atoms with Gasteiger partial charge in [0.1, 0.15) is 11.0 Å². The predicted octanol–water partition coefficient (Wildman–Crippen LogP) is 16.8. The van der Waals surface area contributed by atoms with E-state index in [2.05, 4.69) is 75.8 Å². The first-order valence-corrected chi connectivity index (χ1v) is 24.6. The summed E-state index contributed by atoms with van der Waals surface area (Å²) in [6.45, 7) is 14.2. The number of hydrogen-bond acceptors (Lipinski definition) is 5. The van der Waals surface area contributed by atoms with Gasteiger partial charge in [-0.2, -0.15) is 0 Å². The number of aryl methyl sites for hydroxylation is 2. The van der Waals surface area contributed by atoms with E-state index in [1.54, 1.807) is 20.9 Å². The molecule has 0 saturated carbocycles. The van der Waals surface area contributed by atoms with E-state index in [0.717, 1.165) is 30.2 Å². The van der Waals surface area contributed by atoms with Crippen molar-refractivity contribution in [1.29, 1.82) is 0 Å². The Morgan fingerprint density at radius 2 is 1.13 bits per heavy atom. The second-order valence-electron chi connectivity index (χ2n) is 16.3. The lowest BCUT2D eigenvalue weighted by Gasteiger charge is -2.37. The van der Waals surface area contributed by atoms with Gasteiger partial charge in [-0.25, -0.2) is 9.97 Å². The van der Waals surface area contributed by atoms with Crippen molar-refractivity contribution in [2.45, 2.75) is 201 Å². The maximum absolute atomic E-state index is 5.58. The molecule has 0 saturated heterocycles. The Bertz CT molecular complexity index is 1590. The van der Waals surface area contributed by atoms with Crippen molar-refractivity contribution in [2.24, 2.45) is 11.8 Å². The van der Waals surface area contributed by atoms with Gasteiger partial charge in [-0.1, -0.05) is 157 Å². The molecule has 0 bridgehead atoms. The van der Waals surface area contributed by atoms with Crippen molar-refractivity contribution < 1.29 is 0 Å². The van der Waals surface area contributed by atoms with Crippen molar-refractivity contribution in [1.82, 2.24) is 9.97 Å². The van der Waals surface area contributed by atoms with E-state index >= 15 is 0 Å². The number of unbranched alkanes of at least 4 members (excludes halogenated alkanes) is 12. The third-order valence-corrected chi connectivity index (χ3v) is 15.7. The van der Waals surface area contributed by atoms with Crippen LogP contribution in [0.4, 0.5) is 0 Å². The fourth-order valence-electron chi connectivity index (χ4n) is 9.09. The van der Waals surface area contributed by atoms with Gasteiger partial charge in [0.25, 0.3) is 0 Å². The summed E-state index contributed by atoms with van der Waals surface area (Å²) in [4.78, 5) is 16.9. The molecule has 0 amide bonds. The second-order valence-corrected chi connectivity index (χ2v) is 19.1. The average Bonchev–Trinajstić information content (AvgIpc) is 3.95. The molecule has 288 valence electrons. The summed E-state index contributed by atoms with van der Waals surface area (Å²) in [6, 6.07) is 5.19. The molecule has 1 aliphatic rings. The minimum Gasteiger partial charge on any atom is -0.248 e. The molecule has 0 aliphatic heterocycles. The van der Waals surface area contributed by atoms with Crippen LogP contribution in [-0.4, -0.2) is 9.97 Å². The third-order valence-electron chi connectivity index (χ3n) is 12.3. The molecule has 0 N–H and O–H groups in total. The average molecular weight is 761 g/mol. The normalized spacial score (nSPS) is 16.5. The van der Waals surface area contributed by atoms with E-state index in [0.29, 0.717) is 0 Å². The van der Waals surface area contributed by atoms with Gasteiger partial charge in [-0.3, -0.25) is 0 Å². The third kappa shape index (κ3) is 10.2. The standard InChI is InChI=1S/C47H72N2S3/c1-7-13-17-19-21-23-27-39-40(28-24-22-20-18-14-8-2)49-43-41(48-39)34-51-46(43)42-31-38-45(52-42)44-37(29-30-50-44)47(38,32-35(11-5)25-15-9-3)33-36(12-6)26-16-10-4/h29-31,34-36H,7-28,32-33H2,1-6H3. The molecule has 5 rings (SSSR count). The Hall–Kier alpha value is -1.56. The Labute approximate surface area is 331 Å². The van der Waals surface area contributed by atoms with E-state index in [1.165, 1.54) is 168 Å². The van der Waals surface area contributed by atoms with Crippen LogP contribution in [0.25, 0.3) is 30.5 Å². The lowest BCUT2D eigenvalue weighted by Crippen LogP contribution is -2.31. The minimum absolute atomic E-state index is 0.133. The molecular formula is C47H72N2S3. The van der Waals surface area contributed by atoms with Gasteiger partial charge in [0.2, 0.25) is 0 Å². The molecule has 0 fully saturated rings. The van der Waals surface area contributed by atoms with E-state index in [9.17, 15) is 0 Å². The number of fused-ring (bicyclic) bond motifs is 4. The van der Waals surface area contributed by atoms with E-state index < -0.39 is 0 Å². The maximum Gasteiger partial charge on any atom is 0.108 e. The summed E-state index contributed by atoms with van der Waals surface area (Å²) in [5.41, 5.74) is 8.31. The largest absolute Gasteiger partial charge is 0.248 e. The lowest BCUT2D eigenvalue weighted by molar-refractivity contribution is 0.266. The summed E-state index contributed by atoms with van der Waals surface area (Å²) in [6.07, 6.45) is 31.2. The highest BCUT2D eigenvalue weighted by Crippen LogP contribution is 2.61. The van der Waals surface area contributed by atoms with Crippen LogP contribution in [-0.2, 0) is 18.3 Å². The van der Waals surface area contributed by atoms with Crippen LogP contribution in [0.15, 0.2) is 22.9 Å². The zero-order valence-corrected chi connectivity index (χ0v) is 36.5. The van der Waals surface area contributed by atoms with Crippen molar-refractivity contribution in [3.63, 3.8) is 0 Å². The van der Waals surface area contributed by atoms with Gasteiger partial charge in [-0.05, 0) is 79.0 Å². The summed E-state index contributed by atoms with van der Waals surface area (Å²) in [7, 11) is 0. The first-order valence-electron chi connectivity index (χ1n) is 22.0. The Kier molecular flexibility index (Phi) is 17.2. The summed E-state index contributed by atoms with van der Waals surface area (Å²) < 4.78 is 0. The second kappa shape index (κ2) is 21.5. The van der Waals surface area contributed by atoms with Crippen molar-refractivity contribution >= 4 is 45.0 Å². The summed E-state index contributed by atoms with van der Waals surface area (Å²) in [5, 5.41) is 4.72. The van der Waals surface area contributed by atoms with Crippen molar-refractivity contribution in [2.75, 3.05) is 0 Å². The van der Waals surface area contributed by atoms with Gasteiger partial charge in [0, 0.05) is 25.4 Å². The van der Waals surface area contributed by atoms with Crippen LogP contribution in [0.2, 0.25) is 0 Å². The molecule has 2 unspecified atom stereocenters. The molecule has 5 heteroatoms. The zero-order valence-electron chi connectivity index (χ0n) is 34.1. The van der Waals surface area contributed by atoms with Crippen LogP contribution in [0, 0.1) is 11.8 Å². The Balaban J connectivity index is 1.50. The van der Waals surface area contributed by atoms with Crippen LogP contribution in [0.3, 0.4) is 0 Å². The van der Waals surface area contributed by atoms with Crippen LogP contribution < -0.4 is 0 Å². The van der Waals surface area contributed by atoms with Crippen LogP contribution in [0.5, 0.6) is 0 Å². The molecule has 1 aliphatic carbocycles. The van der Waals surface area contributed by atoms with Gasteiger partial charge >= 0.3 is 0 Å². The maximum atomic E-state index is 5.58. The number of thiophene rings is 3. The van der Waals surface area contributed by atoms with Gasteiger partial charge < -0.3 is 0 Å². The smallest absolute Gasteiger partial charge is 0.108 e. The van der Waals surface area contributed by atoms with E-state index in [4.69, 9.17) is 9.97 Å². The molecule has 0 aromatic carbocycles. The molecule has 4 aromatic rings. The fraction of sp³-hybridized carbons (Fsp3) is 0.702. The molecule has 4 aromatic heterocycles. The fourth-order valence-corrected chi connectivity index (χ4v) is 12.6. The topological polar surface area (TPSA) is 25.8 Å². The number of aromatic nitrogens is 2. The van der Waals surface area contributed by atoms with Gasteiger partial charge in [0.05, 0.1) is 16.3 Å². The molecule has 2 nitrogen and oxygen atoms in total. The van der Waals surface area contributed by atoms with E-state index in [-0.39, 0.29) is 5.41 Å². The highest BCUT2D eigenvalue weighted by Gasteiger charge is 2.47. The Morgan fingerprint density at radius 3 is 1.71 bits per heavy atom. The van der Waals surface area contributed by atoms with Crippen molar-refractivity contribution in [3.8, 4) is 19.5 Å². The molecule has 0 spiro atoms. The molecule has 2 atom stereocenters. The Morgan fingerprint density at radius 1 is 0.577 bits per heavy atom. The van der Waals surface area contributed by atoms with Gasteiger partial charge in [-0.15, -0.1) is 34.0 Å². The molecule has 0 radical (unpaired) electrons.